The van der Waals surface area contributed by atoms with Crippen LogP contribution in [0, 0.1) is 5.82 Å². The monoisotopic (exact) mass is 286 g/mol. The van der Waals surface area contributed by atoms with Crippen LogP contribution in [0.3, 0.4) is 0 Å². The predicted molar refractivity (Wildman–Crippen MR) is 82.4 cm³/mol. The van der Waals surface area contributed by atoms with Gasteiger partial charge in [-0.15, -0.1) is 0 Å². The van der Waals surface area contributed by atoms with E-state index in [1.54, 1.807) is 19.1 Å². The Balaban J connectivity index is 2.11. The summed E-state index contributed by atoms with van der Waals surface area (Å²) in [4.78, 5) is 11.8. The maximum atomic E-state index is 13.2. The number of primary amides is 1. The quantitative estimate of drug-likeness (QED) is 0.857. The smallest absolute Gasteiger partial charge is 0.242 e. The number of halogens is 1. The first-order chi connectivity index (χ1) is 9.99. The molecule has 2 aromatic carbocycles. The summed E-state index contributed by atoms with van der Waals surface area (Å²) in [6.45, 7) is 1.74. The van der Waals surface area contributed by atoms with Gasteiger partial charge in [0, 0.05) is 5.69 Å². The second-order valence-electron chi connectivity index (χ2n) is 5.32. The average Bonchev–Trinajstić information content (AvgIpc) is 2.46. The summed E-state index contributed by atoms with van der Waals surface area (Å²) >= 11 is 0. The fourth-order valence-electron chi connectivity index (χ4n) is 2.17. The Morgan fingerprint density at radius 1 is 1.19 bits per heavy atom. The number of anilines is 1. The van der Waals surface area contributed by atoms with E-state index in [-0.39, 0.29) is 5.82 Å². The maximum Gasteiger partial charge on any atom is 0.242 e. The topological polar surface area (TPSA) is 55.1 Å². The molecule has 0 fully saturated rings. The lowest BCUT2D eigenvalue weighted by molar-refractivity contribution is -0.122. The normalized spacial score (nSPS) is 13.4. The van der Waals surface area contributed by atoms with E-state index in [2.05, 4.69) is 5.32 Å². The van der Waals surface area contributed by atoms with Crippen LogP contribution in [-0.4, -0.2) is 11.4 Å². The van der Waals surface area contributed by atoms with E-state index < -0.39 is 11.4 Å². The van der Waals surface area contributed by atoms with Crippen molar-refractivity contribution in [2.45, 2.75) is 25.3 Å². The molecule has 110 valence electrons. The van der Waals surface area contributed by atoms with Crippen LogP contribution in [0.15, 0.2) is 54.6 Å². The molecule has 21 heavy (non-hydrogen) atoms. The van der Waals surface area contributed by atoms with E-state index >= 15 is 0 Å². The van der Waals surface area contributed by atoms with Crippen molar-refractivity contribution in [2.75, 3.05) is 5.32 Å². The molecule has 1 amide bonds. The summed E-state index contributed by atoms with van der Waals surface area (Å²) in [6, 6.07) is 15.9. The van der Waals surface area contributed by atoms with E-state index in [4.69, 9.17) is 5.73 Å². The van der Waals surface area contributed by atoms with Gasteiger partial charge in [-0.2, -0.15) is 0 Å². The number of rotatable bonds is 6. The van der Waals surface area contributed by atoms with E-state index in [1.807, 2.05) is 30.3 Å². The van der Waals surface area contributed by atoms with Crippen LogP contribution in [-0.2, 0) is 11.2 Å². The van der Waals surface area contributed by atoms with Crippen LogP contribution in [0.4, 0.5) is 10.1 Å². The molecule has 2 rings (SSSR count). The summed E-state index contributed by atoms with van der Waals surface area (Å²) in [5, 5.41) is 3.05. The predicted octanol–water partition coefficient (Wildman–Crippen LogP) is 3.11. The zero-order chi connectivity index (χ0) is 15.3. The Kier molecular flexibility index (Phi) is 4.58. The number of carbonyl (C=O) groups is 1. The molecular formula is C17H19FN2O. The standard InChI is InChI=1S/C17H19FN2O/c1-17(16(19)21,11-10-13-6-3-2-4-7-13)20-15-9-5-8-14(18)12-15/h2-9,12,20H,10-11H2,1H3,(H2,19,21). The summed E-state index contributed by atoms with van der Waals surface area (Å²) in [5.74, 6) is -0.808. The summed E-state index contributed by atoms with van der Waals surface area (Å²) in [6.07, 6.45) is 1.24. The highest BCUT2D eigenvalue weighted by Gasteiger charge is 2.30. The Morgan fingerprint density at radius 3 is 2.52 bits per heavy atom. The van der Waals surface area contributed by atoms with Crippen molar-refractivity contribution < 1.29 is 9.18 Å². The van der Waals surface area contributed by atoms with E-state index in [0.29, 0.717) is 18.5 Å². The van der Waals surface area contributed by atoms with Crippen molar-refractivity contribution in [3.63, 3.8) is 0 Å². The number of nitrogens with two attached hydrogens (primary N) is 1. The number of hydrogen-bond acceptors (Lipinski definition) is 2. The SMILES string of the molecule is CC(CCc1ccccc1)(Nc1cccc(F)c1)C(N)=O. The number of nitrogens with one attached hydrogen (secondary N) is 1. The Hall–Kier alpha value is -2.36. The maximum absolute atomic E-state index is 13.2. The molecule has 0 bridgehead atoms. The molecule has 0 saturated carbocycles. The minimum absolute atomic E-state index is 0.352. The molecule has 3 N–H and O–H groups in total. The average molecular weight is 286 g/mol. The zero-order valence-electron chi connectivity index (χ0n) is 12.0. The Morgan fingerprint density at radius 2 is 1.90 bits per heavy atom. The second kappa shape index (κ2) is 6.39. The molecule has 0 aliphatic rings. The van der Waals surface area contributed by atoms with Crippen LogP contribution in [0.25, 0.3) is 0 Å². The third-order valence-electron chi connectivity index (χ3n) is 3.55. The van der Waals surface area contributed by atoms with Gasteiger partial charge in [-0.25, -0.2) is 4.39 Å². The fraction of sp³-hybridized carbons (Fsp3) is 0.235. The largest absolute Gasteiger partial charge is 0.371 e. The highest BCUT2D eigenvalue weighted by molar-refractivity contribution is 5.87. The molecular weight excluding hydrogens is 267 g/mol. The summed E-state index contributed by atoms with van der Waals surface area (Å²) in [5.41, 5.74) is 6.28. The Labute approximate surface area is 124 Å². The van der Waals surface area contributed by atoms with Gasteiger partial charge < -0.3 is 11.1 Å². The van der Waals surface area contributed by atoms with Crippen LogP contribution in [0.5, 0.6) is 0 Å². The molecule has 0 radical (unpaired) electrons. The lowest BCUT2D eigenvalue weighted by Gasteiger charge is -2.28. The lowest BCUT2D eigenvalue weighted by atomic mass is 9.92. The molecule has 0 spiro atoms. The van der Waals surface area contributed by atoms with Crippen LogP contribution in [0.1, 0.15) is 18.9 Å². The number of benzene rings is 2. The molecule has 2 aromatic rings. The van der Waals surface area contributed by atoms with Gasteiger partial charge in [-0.05, 0) is 43.5 Å². The van der Waals surface area contributed by atoms with Gasteiger partial charge >= 0.3 is 0 Å². The van der Waals surface area contributed by atoms with Crippen LogP contribution < -0.4 is 11.1 Å². The molecule has 0 heterocycles. The first kappa shape index (κ1) is 15.0. The van der Waals surface area contributed by atoms with Gasteiger partial charge in [0.05, 0.1) is 0 Å². The van der Waals surface area contributed by atoms with Gasteiger partial charge in [0.15, 0.2) is 0 Å². The zero-order valence-corrected chi connectivity index (χ0v) is 12.0. The number of amides is 1. The number of carbonyl (C=O) groups excluding carboxylic acids is 1. The molecule has 0 aliphatic heterocycles. The molecule has 0 aliphatic carbocycles. The highest BCUT2D eigenvalue weighted by Crippen LogP contribution is 2.21. The van der Waals surface area contributed by atoms with Crippen molar-refractivity contribution >= 4 is 11.6 Å². The highest BCUT2D eigenvalue weighted by atomic mass is 19.1. The molecule has 0 aromatic heterocycles. The van der Waals surface area contributed by atoms with Crippen molar-refractivity contribution in [2.24, 2.45) is 5.73 Å². The molecule has 0 saturated heterocycles. The van der Waals surface area contributed by atoms with E-state index in [0.717, 1.165) is 5.56 Å². The van der Waals surface area contributed by atoms with Crippen LogP contribution in [0.2, 0.25) is 0 Å². The van der Waals surface area contributed by atoms with Gasteiger partial charge in [-0.3, -0.25) is 4.79 Å². The number of hydrogen-bond donors (Lipinski definition) is 2. The van der Waals surface area contributed by atoms with Crippen molar-refractivity contribution in [1.82, 2.24) is 0 Å². The lowest BCUT2D eigenvalue weighted by Crippen LogP contribution is -2.48. The van der Waals surface area contributed by atoms with Gasteiger partial charge in [-0.1, -0.05) is 36.4 Å². The second-order valence-corrected chi connectivity index (χ2v) is 5.32. The summed E-state index contributed by atoms with van der Waals surface area (Å²) in [7, 11) is 0. The minimum Gasteiger partial charge on any atom is -0.371 e. The van der Waals surface area contributed by atoms with E-state index in [9.17, 15) is 9.18 Å². The van der Waals surface area contributed by atoms with Crippen molar-refractivity contribution in [1.29, 1.82) is 0 Å². The first-order valence-corrected chi connectivity index (χ1v) is 6.87. The molecule has 1 unspecified atom stereocenters. The Bertz CT molecular complexity index is 615. The van der Waals surface area contributed by atoms with E-state index in [1.165, 1.54) is 12.1 Å². The first-order valence-electron chi connectivity index (χ1n) is 6.87. The molecule has 1 atom stereocenters. The number of aryl methyl sites for hydroxylation is 1. The molecule has 4 heteroatoms. The third-order valence-corrected chi connectivity index (χ3v) is 3.55. The van der Waals surface area contributed by atoms with Gasteiger partial charge in [0.1, 0.15) is 11.4 Å². The fourth-order valence-corrected chi connectivity index (χ4v) is 2.17. The van der Waals surface area contributed by atoms with Gasteiger partial charge in [0.2, 0.25) is 5.91 Å². The van der Waals surface area contributed by atoms with Gasteiger partial charge in [0.25, 0.3) is 0 Å². The summed E-state index contributed by atoms with van der Waals surface area (Å²) < 4.78 is 13.2. The van der Waals surface area contributed by atoms with Crippen molar-refractivity contribution in [3.8, 4) is 0 Å². The molecule has 3 nitrogen and oxygen atoms in total. The minimum atomic E-state index is -0.927. The third kappa shape index (κ3) is 4.05. The van der Waals surface area contributed by atoms with Crippen LogP contribution >= 0.6 is 0 Å². The van der Waals surface area contributed by atoms with Crippen molar-refractivity contribution in [3.05, 3.63) is 66.0 Å².